The van der Waals surface area contributed by atoms with Crippen molar-refractivity contribution in [3.8, 4) is 0 Å². The Hall–Kier alpha value is -1.14. The van der Waals surface area contributed by atoms with Gasteiger partial charge in [-0.25, -0.2) is 0 Å². The van der Waals surface area contributed by atoms with Gasteiger partial charge in [-0.15, -0.1) is 0 Å². The molecule has 0 amide bonds. The molecule has 0 bridgehead atoms. The van der Waals surface area contributed by atoms with Crippen LogP contribution in [0, 0.1) is 16.7 Å². The molecular formula is C48H95NO5. The maximum absolute atomic E-state index is 13.2. The number of nitrogens with zero attached hydrogens (tertiary/aromatic N) is 1. The van der Waals surface area contributed by atoms with Crippen molar-refractivity contribution in [2.45, 2.75) is 241 Å². The lowest BCUT2D eigenvalue weighted by molar-refractivity contribution is -0.156. The second-order valence-electron chi connectivity index (χ2n) is 18.3. The van der Waals surface area contributed by atoms with E-state index in [1.54, 1.807) is 0 Å². The molecule has 0 aromatic heterocycles. The monoisotopic (exact) mass is 766 g/mol. The van der Waals surface area contributed by atoms with Crippen LogP contribution in [0.4, 0.5) is 0 Å². The average molecular weight is 766 g/mol. The molecule has 0 aliphatic heterocycles. The number of hydrogen-bond acceptors (Lipinski definition) is 6. The topological polar surface area (TPSA) is 76.1 Å². The molecule has 1 N–H and O–H groups in total. The van der Waals surface area contributed by atoms with Crippen molar-refractivity contribution in [1.29, 1.82) is 0 Å². The van der Waals surface area contributed by atoms with E-state index in [2.05, 4.69) is 53.4 Å². The Morgan fingerprint density at radius 2 is 0.981 bits per heavy atom. The van der Waals surface area contributed by atoms with Crippen LogP contribution < -0.4 is 0 Å². The molecule has 0 aromatic carbocycles. The fraction of sp³-hybridized carbons (Fsp3) is 0.958. The molecule has 0 rings (SSSR count). The van der Waals surface area contributed by atoms with E-state index < -0.39 is 5.41 Å². The van der Waals surface area contributed by atoms with Crippen molar-refractivity contribution in [2.75, 3.05) is 39.5 Å². The van der Waals surface area contributed by atoms with E-state index in [0.29, 0.717) is 25.6 Å². The summed E-state index contributed by atoms with van der Waals surface area (Å²) in [6.45, 7) is 19.8. The van der Waals surface area contributed by atoms with E-state index in [-0.39, 0.29) is 24.0 Å². The summed E-state index contributed by atoms with van der Waals surface area (Å²) in [6, 6.07) is 0. The van der Waals surface area contributed by atoms with Crippen LogP contribution in [0.2, 0.25) is 0 Å². The van der Waals surface area contributed by atoms with Gasteiger partial charge in [0.25, 0.3) is 0 Å². The third-order valence-corrected chi connectivity index (χ3v) is 11.5. The number of esters is 2. The molecule has 322 valence electrons. The van der Waals surface area contributed by atoms with Crippen LogP contribution in [0.1, 0.15) is 241 Å². The van der Waals surface area contributed by atoms with Gasteiger partial charge in [0.15, 0.2) is 0 Å². The summed E-state index contributed by atoms with van der Waals surface area (Å²) in [5, 5.41) is 9.47. The van der Waals surface area contributed by atoms with E-state index in [9.17, 15) is 14.7 Å². The lowest BCUT2D eigenvalue weighted by Crippen LogP contribution is -2.29. The van der Waals surface area contributed by atoms with Gasteiger partial charge in [0, 0.05) is 19.6 Å². The van der Waals surface area contributed by atoms with E-state index in [1.807, 2.05) is 0 Å². The highest BCUT2D eigenvalue weighted by Crippen LogP contribution is 2.28. The summed E-state index contributed by atoms with van der Waals surface area (Å²) >= 11 is 0. The first-order valence-electron chi connectivity index (χ1n) is 23.7. The number of carbonyl (C=O) groups is 2. The Morgan fingerprint density at radius 3 is 1.54 bits per heavy atom. The van der Waals surface area contributed by atoms with Crippen LogP contribution in [-0.2, 0) is 19.1 Å². The zero-order chi connectivity index (χ0) is 40.2. The minimum Gasteiger partial charge on any atom is -0.465 e. The summed E-state index contributed by atoms with van der Waals surface area (Å²) in [5.41, 5.74) is -0.412. The fourth-order valence-corrected chi connectivity index (χ4v) is 7.52. The van der Waals surface area contributed by atoms with Gasteiger partial charge in [-0.2, -0.15) is 0 Å². The van der Waals surface area contributed by atoms with Gasteiger partial charge in [-0.3, -0.25) is 9.59 Å². The van der Waals surface area contributed by atoms with Crippen molar-refractivity contribution in [3.05, 3.63) is 0 Å². The lowest BCUT2D eigenvalue weighted by Gasteiger charge is -2.25. The molecule has 0 saturated heterocycles. The normalized spacial score (nSPS) is 12.3. The van der Waals surface area contributed by atoms with Crippen LogP contribution in [0.5, 0.6) is 0 Å². The van der Waals surface area contributed by atoms with E-state index >= 15 is 0 Å². The number of ether oxygens (including phenoxy) is 2. The first kappa shape index (κ1) is 52.9. The molecule has 0 radical (unpaired) electrons. The summed E-state index contributed by atoms with van der Waals surface area (Å²) in [4.78, 5) is 28.0. The van der Waals surface area contributed by atoms with Crippen LogP contribution in [0.3, 0.4) is 0 Å². The Bertz CT molecular complexity index is 829. The number of aliphatic hydroxyl groups is 1. The minimum absolute atomic E-state index is 0.0113. The maximum Gasteiger partial charge on any atom is 0.311 e. The van der Waals surface area contributed by atoms with Crippen LogP contribution in [-0.4, -0.2) is 61.4 Å². The third kappa shape index (κ3) is 33.0. The molecule has 0 spiro atoms. The molecule has 0 aromatic rings. The molecule has 0 atom stereocenters. The van der Waals surface area contributed by atoms with Gasteiger partial charge < -0.3 is 19.5 Å². The second kappa shape index (κ2) is 36.2. The Labute approximate surface area is 337 Å². The summed E-state index contributed by atoms with van der Waals surface area (Å²) in [5.74, 6) is 0.463. The molecule has 0 unspecified atom stereocenters. The zero-order valence-corrected chi connectivity index (χ0v) is 37.6. The van der Waals surface area contributed by atoms with Crippen molar-refractivity contribution in [1.82, 2.24) is 4.90 Å². The van der Waals surface area contributed by atoms with E-state index in [4.69, 9.17) is 9.47 Å². The molecule has 54 heavy (non-hydrogen) atoms. The molecule has 0 heterocycles. The van der Waals surface area contributed by atoms with Crippen molar-refractivity contribution in [3.63, 3.8) is 0 Å². The maximum atomic E-state index is 13.2. The van der Waals surface area contributed by atoms with Crippen molar-refractivity contribution in [2.24, 2.45) is 16.7 Å². The standard InChI is InChI=1S/C48H95NO5/c1-8-11-14-17-18-21-27-35-45(51)54-43-47(4,5)36-28-24-31-39-49(40-32-41-50)38-30-23-22-29-37-48(6,7)46(52)53-42-44(33-25-19-15-12-9-2)34-26-20-16-13-10-3/h44,50H,8-43H2,1-7H3. The van der Waals surface area contributed by atoms with Gasteiger partial charge in [0.05, 0.1) is 18.6 Å². The number of hydrogen-bond donors (Lipinski definition) is 1. The smallest absolute Gasteiger partial charge is 0.311 e. The van der Waals surface area contributed by atoms with Gasteiger partial charge >= 0.3 is 11.9 Å². The minimum atomic E-state index is -0.427. The molecule has 0 aliphatic carbocycles. The van der Waals surface area contributed by atoms with Crippen LogP contribution in [0.15, 0.2) is 0 Å². The predicted octanol–water partition coefficient (Wildman–Crippen LogP) is 13.8. The lowest BCUT2D eigenvalue weighted by atomic mass is 9.86. The number of rotatable bonds is 41. The Balaban J connectivity index is 4.34. The van der Waals surface area contributed by atoms with Crippen molar-refractivity contribution >= 4 is 11.9 Å². The first-order valence-corrected chi connectivity index (χ1v) is 23.7. The quantitative estimate of drug-likeness (QED) is 0.0493. The third-order valence-electron chi connectivity index (χ3n) is 11.5. The first-order chi connectivity index (χ1) is 26.0. The van der Waals surface area contributed by atoms with Gasteiger partial charge in [-0.05, 0) is 89.6 Å². The number of aliphatic hydroxyl groups excluding tert-OH is 1. The summed E-state index contributed by atoms with van der Waals surface area (Å²) < 4.78 is 11.7. The highest BCUT2D eigenvalue weighted by Gasteiger charge is 2.29. The predicted molar refractivity (Wildman–Crippen MR) is 232 cm³/mol. The second-order valence-corrected chi connectivity index (χ2v) is 18.3. The number of carbonyl (C=O) groups excluding carboxylic acids is 2. The van der Waals surface area contributed by atoms with E-state index in [1.165, 1.54) is 122 Å². The summed E-state index contributed by atoms with van der Waals surface area (Å²) in [6.07, 6.45) is 35.2. The SMILES string of the molecule is CCCCCCCCCC(=O)OCC(C)(C)CCCCCN(CCCO)CCCCCCC(C)(C)C(=O)OCC(CCCCCCC)CCCCCCC. The fourth-order valence-electron chi connectivity index (χ4n) is 7.52. The molecule has 6 nitrogen and oxygen atoms in total. The highest BCUT2D eigenvalue weighted by molar-refractivity contribution is 5.75. The molecular weight excluding hydrogens is 671 g/mol. The van der Waals surface area contributed by atoms with Gasteiger partial charge in [-0.1, -0.05) is 169 Å². The van der Waals surface area contributed by atoms with Gasteiger partial charge in [0.2, 0.25) is 0 Å². The van der Waals surface area contributed by atoms with Gasteiger partial charge in [0.1, 0.15) is 0 Å². The highest BCUT2D eigenvalue weighted by atomic mass is 16.5. The van der Waals surface area contributed by atoms with Crippen LogP contribution in [0.25, 0.3) is 0 Å². The van der Waals surface area contributed by atoms with Crippen molar-refractivity contribution < 1.29 is 24.2 Å². The summed E-state index contributed by atoms with van der Waals surface area (Å²) in [7, 11) is 0. The van der Waals surface area contributed by atoms with E-state index in [0.717, 1.165) is 83.8 Å². The molecule has 0 saturated carbocycles. The largest absolute Gasteiger partial charge is 0.465 e. The molecule has 0 fully saturated rings. The molecule has 0 aliphatic rings. The average Bonchev–Trinajstić information content (AvgIpc) is 3.14. The number of unbranched alkanes of at least 4 members (excludes halogenated alkanes) is 19. The Kier molecular flexibility index (Phi) is 35.5. The Morgan fingerprint density at radius 1 is 0.537 bits per heavy atom. The van der Waals surface area contributed by atoms with Crippen LogP contribution >= 0.6 is 0 Å². The molecule has 6 heteroatoms. The zero-order valence-electron chi connectivity index (χ0n) is 37.6.